The van der Waals surface area contributed by atoms with Crippen LogP contribution in [0.2, 0.25) is 0 Å². The maximum Gasteiger partial charge on any atom is 0.166 e. The highest BCUT2D eigenvalue weighted by atomic mass is 127. The molecule has 1 saturated heterocycles. The second-order valence-corrected chi connectivity index (χ2v) is 8.16. The highest BCUT2D eigenvalue weighted by Crippen LogP contribution is 2.58. The Hall–Kier alpha value is -1.15. The first-order valence-electron chi connectivity index (χ1n) is 8.99. The molecule has 0 amide bonds. The quantitative estimate of drug-likeness (QED) is 0.424. The molecule has 0 aliphatic carbocycles. The Morgan fingerprint density at radius 3 is 2.58 bits per heavy atom. The topological polar surface area (TPSA) is 12.5 Å². The molecule has 2 aromatic rings. The van der Waals surface area contributed by atoms with E-state index < -0.39 is 0 Å². The maximum atomic E-state index is 5.32. The van der Waals surface area contributed by atoms with Crippen LogP contribution in [0.3, 0.4) is 0 Å². The number of likely N-dealkylation sites (N-methyl/N-ethyl adjacent to an activating group) is 1. The van der Waals surface area contributed by atoms with Gasteiger partial charge in [-0.05, 0) is 49.7 Å². The van der Waals surface area contributed by atoms with Gasteiger partial charge in [-0.1, -0.05) is 12.1 Å². The number of hydrogen-bond donors (Lipinski definition) is 0. The molecule has 5 heteroatoms. The summed E-state index contributed by atoms with van der Waals surface area (Å²) in [6, 6.07) is 8.93. The lowest BCUT2D eigenvalue weighted by molar-refractivity contribution is 0.270. The Balaban J connectivity index is 0.00000168. The van der Waals surface area contributed by atoms with E-state index in [0.29, 0.717) is 6.04 Å². The van der Waals surface area contributed by atoms with Gasteiger partial charge in [-0.25, -0.2) is 4.48 Å². The van der Waals surface area contributed by atoms with Crippen molar-refractivity contribution in [3.05, 3.63) is 58.6 Å². The molecular formula is C21H24IN2OS+. The molecule has 0 radical (unpaired) electrons. The van der Waals surface area contributed by atoms with Crippen LogP contribution in [-0.2, 0) is 0 Å². The number of likely N-dealkylation sites (tertiary alicyclic amines) is 1. The molecule has 26 heavy (non-hydrogen) atoms. The van der Waals surface area contributed by atoms with Crippen molar-refractivity contribution in [1.82, 2.24) is 9.38 Å². The van der Waals surface area contributed by atoms with Crippen LogP contribution in [0, 0.1) is 0 Å². The molecular weight excluding hydrogens is 455 g/mol. The Bertz CT molecular complexity index is 880. The SMILES string of the molecule is COc1ccc(-c2csc3c2[N+]2(C)C=CC=C2C3N2CCCC2)cc1.I. The van der Waals surface area contributed by atoms with Gasteiger partial charge in [0.15, 0.2) is 5.69 Å². The molecule has 3 aliphatic rings. The molecule has 0 bridgehead atoms. The molecule has 0 N–H and O–H groups in total. The maximum absolute atomic E-state index is 5.32. The fraction of sp³-hybridized carbons (Fsp3) is 0.333. The first-order valence-corrected chi connectivity index (χ1v) is 9.87. The third-order valence-corrected chi connectivity index (χ3v) is 6.90. The van der Waals surface area contributed by atoms with E-state index in [0.717, 1.165) is 10.2 Å². The minimum Gasteiger partial charge on any atom is -0.497 e. The van der Waals surface area contributed by atoms with Gasteiger partial charge in [0.25, 0.3) is 0 Å². The number of fused-ring (bicyclic) bond motifs is 3. The van der Waals surface area contributed by atoms with Crippen LogP contribution in [0.1, 0.15) is 23.8 Å². The van der Waals surface area contributed by atoms with E-state index in [1.165, 1.54) is 53.3 Å². The number of nitrogens with zero attached hydrogens (tertiary/aromatic N) is 2. The van der Waals surface area contributed by atoms with E-state index in [9.17, 15) is 0 Å². The zero-order chi connectivity index (χ0) is 17.0. The van der Waals surface area contributed by atoms with E-state index in [1.54, 1.807) is 7.11 Å². The van der Waals surface area contributed by atoms with Crippen molar-refractivity contribution in [2.45, 2.75) is 18.9 Å². The minimum atomic E-state index is 0. The van der Waals surface area contributed by atoms with Gasteiger partial charge in [-0.2, -0.15) is 0 Å². The Morgan fingerprint density at radius 2 is 1.88 bits per heavy atom. The molecule has 2 unspecified atom stereocenters. The lowest BCUT2D eigenvalue weighted by Gasteiger charge is -2.28. The molecule has 3 aliphatic heterocycles. The summed E-state index contributed by atoms with van der Waals surface area (Å²) in [5.74, 6) is 0.910. The minimum absolute atomic E-state index is 0. The van der Waals surface area contributed by atoms with E-state index in [1.807, 2.05) is 11.3 Å². The van der Waals surface area contributed by atoms with Gasteiger partial charge in [0.1, 0.15) is 23.7 Å². The van der Waals surface area contributed by atoms with Crippen LogP contribution in [0.4, 0.5) is 5.69 Å². The van der Waals surface area contributed by atoms with Gasteiger partial charge in [0, 0.05) is 11.5 Å². The number of allylic oxidation sites excluding steroid dienone is 2. The first-order chi connectivity index (χ1) is 12.2. The lowest BCUT2D eigenvalue weighted by atomic mass is 10.1. The van der Waals surface area contributed by atoms with Gasteiger partial charge in [-0.15, -0.1) is 35.3 Å². The van der Waals surface area contributed by atoms with Crippen molar-refractivity contribution in [2.24, 2.45) is 0 Å². The van der Waals surface area contributed by atoms with Crippen molar-refractivity contribution >= 4 is 41.0 Å². The van der Waals surface area contributed by atoms with Crippen LogP contribution in [-0.4, -0.2) is 32.1 Å². The summed E-state index contributed by atoms with van der Waals surface area (Å²) >= 11 is 1.93. The molecule has 1 aromatic carbocycles. The molecule has 0 saturated carbocycles. The van der Waals surface area contributed by atoms with Crippen LogP contribution in [0.15, 0.2) is 53.7 Å². The van der Waals surface area contributed by atoms with Crippen LogP contribution in [0.25, 0.3) is 11.1 Å². The standard InChI is InChI=1S/C21H23N2OS.HI/c1-23-13-5-6-18(23)19(22-11-3-4-12-22)21-20(23)17(14-25-21)15-7-9-16(24-2)10-8-15;/h5-10,13-14,19H,3-4,11-12H2,1-2H3;1H/q+1;. The van der Waals surface area contributed by atoms with Gasteiger partial charge in [0.2, 0.25) is 0 Å². The van der Waals surface area contributed by atoms with E-state index in [2.05, 4.69) is 59.9 Å². The van der Waals surface area contributed by atoms with Gasteiger partial charge >= 0.3 is 0 Å². The third-order valence-electron chi connectivity index (χ3n) is 5.88. The average Bonchev–Trinajstić information content (AvgIpc) is 3.38. The molecule has 1 aromatic heterocycles. The van der Waals surface area contributed by atoms with E-state index in [4.69, 9.17) is 4.74 Å². The lowest BCUT2D eigenvalue weighted by Crippen LogP contribution is -2.37. The fourth-order valence-electron chi connectivity index (χ4n) is 4.61. The number of halogens is 1. The Kier molecular flexibility index (Phi) is 4.75. The Morgan fingerprint density at radius 1 is 1.15 bits per heavy atom. The highest BCUT2D eigenvalue weighted by molar-refractivity contribution is 14.0. The monoisotopic (exact) mass is 479 g/mol. The highest BCUT2D eigenvalue weighted by Gasteiger charge is 2.52. The average molecular weight is 479 g/mol. The van der Waals surface area contributed by atoms with Gasteiger partial charge in [0.05, 0.1) is 24.6 Å². The second kappa shape index (κ2) is 6.78. The van der Waals surface area contributed by atoms with Crippen molar-refractivity contribution in [1.29, 1.82) is 0 Å². The van der Waals surface area contributed by atoms with Crippen LogP contribution < -0.4 is 9.22 Å². The summed E-state index contributed by atoms with van der Waals surface area (Å²) < 4.78 is 6.16. The number of quaternary nitrogens is 1. The van der Waals surface area contributed by atoms with Crippen LogP contribution >= 0.6 is 35.3 Å². The largest absolute Gasteiger partial charge is 0.497 e. The summed E-state index contributed by atoms with van der Waals surface area (Å²) in [4.78, 5) is 4.21. The van der Waals surface area contributed by atoms with Gasteiger partial charge < -0.3 is 4.74 Å². The molecule has 136 valence electrons. The number of thiophene rings is 1. The molecule has 1 fully saturated rings. The third kappa shape index (κ3) is 2.52. The number of rotatable bonds is 3. The number of methoxy groups -OCH3 is 1. The van der Waals surface area contributed by atoms with Gasteiger partial charge in [-0.3, -0.25) is 4.90 Å². The van der Waals surface area contributed by atoms with Crippen molar-refractivity contribution in [2.75, 3.05) is 27.2 Å². The first kappa shape index (κ1) is 18.2. The molecule has 4 heterocycles. The zero-order valence-corrected chi connectivity index (χ0v) is 18.3. The van der Waals surface area contributed by atoms with Crippen molar-refractivity contribution in [3.8, 4) is 16.9 Å². The predicted molar refractivity (Wildman–Crippen MR) is 120 cm³/mol. The number of benzene rings is 1. The van der Waals surface area contributed by atoms with Crippen LogP contribution in [0.5, 0.6) is 5.75 Å². The summed E-state index contributed by atoms with van der Waals surface area (Å²) in [5.41, 5.74) is 5.62. The number of ether oxygens (including phenoxy) is 1. The van der Waals surface area contributed by atoms with E-state index in [-0.39, 0.29) is 24.0 Å². The molecule has 3 nitrogen and oxygen atoms in total. The fourth-order valence-corrected chi connectivity index (χ4v) is 5.91. The van der Waals surface area contributed by atoms with E-state index >= 15 is 0 Å². The molecule has 5 rings (SSSR count). The molecule has 0 spiro atoms. The summed E-state index contributed by atoms with van der Waals surface area (Å²) in [7, 11) is 4.06. The summed E-state index contributed by atoms with van der Waals surface area (Å²) in [6.07, 6.45) is 9.56. The normalized spacial score (nSPS) is 26.4. The smallest absolute Gasteiger partial charge is 0.166 e. The van der Waals surface area contributed by atoms with Crippen molar-refractivity contribution < 1.29 is 4.74 Å². The number of hydrogen-bond acceptors (Lipinski definition) is 3. The summed E-state index contributed by atoms with van der Waals surface area (Å²) in [6.45, 7) is 2.44. The predicted octanol–water partition coefficient (Wildman–Crippen LogP) is 5.54. The molecule has 2 atom stereocenters. The Labute approximate surface area is 176 Å². The zero-order valence-electron chi connectivity index (χ0n) is 15.1. The van der Waals surface area contributed by atoms with Crippen molar-refractivity contribution in [3.63, 3.8) is 0 Å². The summed E-state index contributed by atoms with van der Waals surface area (Å²) in [5, 5.41) is 2.35. The second-order valence-electron chi connectivity index (χ2n) is 7.24.